The lowest BCUT2D eigenvalue weighted by molar-refractivity contribution is -0.114. The monoisotopic (exact) mass is 377 g/mol. The quantitative estimate of drug-likeness (QED) is 0.832. The third kappa shape index (κ3) is 4.23. The van der Waals surface area contributed by atoms with Crippen LogP contribution in [-0.4, -0.2) is 12.5 Å². The van der Waals surface area contributed by atoms with Crippen LogP contribution in [0.2, 0.25) is 5.02 Å². The van der Waals surface area contributed by atoms with Crippen LogP contribution < -0.4 is 10.6 Å². The van der Waals surface area contributed by atoms with Crippen molar-refractivity contribution in [1.29, 1.82) is 5.26 Å². The Hall–Kier alpha value is -2.03. The summed E-state index contributed by atoms with van der Waals surface area (Å²) in [6.45, 7) is 1.96. The largest absolute Gasteiger partial charge is 0.375 e. The van der Waals surface area contributed by atoms with E-state index >= 15 is 0 Å². The van der Waals surface area contributed by atoms with Gasteiger partial charge in [0.1, 0.15) is 6.07 Å². The van der Waals surface area contributed by atoms with E-state index in [1.807, 2.05) is 25.1 Å². The Labute approximate surface area is 142 Å². The van der Waals surface area contributed by atoms with Gasteiger partial charge in [0, 0.05) is 15.2 Å². The molecular formula is C16H13BrClN3O. The van der Waals surface area contributed by atoms with Gasteiger partial charge >= 0.3 is 0 Å². The molecule has 2 aromatic rings. The SMILES string of the molecule is Cc1cc(Br)ccc1NC(=O)CNc1cc(Cl)ccc1C#N. The fraction of sp³-hybridized carbons (Fsp3) is 0.125. The van der Waals surface area contributed by atoms with E-state index in [0.29, 0.717) is 16.3 Å². The topological polar surface area (TPSA) is 64.9 Å². The molecule has 0 aliphatic heterocycles. The van der Waals surface area contributed by atoms with Gasteiger partial charge < -0.3 is 10.6 Å². The third-order valence-corrected chi connectivity index (χ3v) is 3.73. The number of benzene rings is 2. The number of hydrogen-bond donors (Lipinski definition) is 2. The van der Waals surface area contributed by atoms with Crippen molar-refractivity contribution >= 4 is 44.8 Å². The van der Waals surface area contributed by atoms with Crippen LogP contribution in [0.5, 0.6) is 0 Å². The Morgan fingerprint density at radius 2 is 2.05 bits per heavy atom. The number of nitrogens with zero attached hydrogens (tertiary/aromatic N) is 1. The van der Waals surface area contributed by atoms with Gasteiger partial charge in [0.25, 0.3) is 0 Å². The van der Waals surface area contributed by atoms with E-state index in [1.165, 1.54) is 0 Å². The highest BCUT2D eigenvalue weighted by Crippen LogP contribution is 2.21. The molecule has 0 aliphatic carbocycles. The summed E-state index contributed by atoms with van der Waals surface area (Å²) < 4.78 is 0.957. The highest BCUT2D eigenvalue weighted by molar-refractivity contribution is 9.10. The van der Waals surface area contributed by atoms with Crippen LogP contribution in [0, 0.1) is 18.3 Å². The van der Waals surface area contributed by atoms with E-state index in [-0.39, 0.29) is 12.5 Å². The van der Waals surface area contributed by atoms with E-state index in [9.17, 15) is 4.79 Å². The van der Waals surface area contributed by atoms with Gasteiger partial charge in [0.15, 0.2) is 0 Å². The van der Waals surface area contributed by atoms with Crippen LogP contribution >= 0.6 is 27.5 Å². The van der Waals surface area contributed by atoms with Crippen LogP contribution in [0.4, 0.5) is 11.4 Å². The molecule has 1 amide bonds. The number of hydrogen-bond acceptors (Lipinski definition) is 3. The average molecular weight is 379 g/mol. The molecule has 2 rings (SSSR count). The highest BCUT2D eigenvalue weighted by Gasteiger charge is 2.07. The number of carbonyl (C=O) groups is 1. The highest BCUT2D eigenvalue weighted by atomic mass is 79.9. The van der Waals surface area contributed by atoms with Crippen LogP contribution in [0.1, 0.15) is 11.1 Å². The number of aryl methyl sites for hydroxylation is 1. The number of anilines is 2. The van der Waals surface area contributed by atoms with Crippen molar-refractivity contribution in [3.05, 3.63) is 57.0 Å². The number of nitriles is 1. The van der Waals surface area contributed by atoms with Gasteiger partial charge in [-0.15, -0.1) is 0 Å². The van der Waals surface area contributed by atoms with E-state index in [0.717, 1.165) is 15.7 Å². The first-order chi connectivity index (χ1) is 10.5. The summed E-state index contributed by atoms with van der Waals surface area (Å²) in [6.07, 6.45) is 0. The molecule has 0 atom stereocenters. The summed E-state index contributed by atoms with van der Waals surface area (Å²) in [5.41, 5.74) is 2.69. The zero-order valence-electron chi connectivity index (χ0n) is 11.8. The fourth-order valence-electron chi connectivity index (χ4n) is 1.90. The predicted molar refractivity (Wildman–Crippen MR) is 92.2 cm³/mol. The maximum absolute atomic E-state index is 12.0. The van der Waals surface area contributed by atoms with Gasteiger partial charge in [-0.25, -0.2) is 0 Å². The smallest absolute Gasteiger partial charge is 0.243 e. The second kappa shape index (κ2) is 7.30. The Morgan fingerprint density at radius 3 is 2.73 bits per heavy atom. The standard InChI is InChI=1S/C16H13BrClN3O/c1-10-6-12(17)3-5-14(10)21-16(22)9-20-15-7-13(18)4-2-11(15)8-19/h2-7,20H,9H2,1H3,(H,21,22). The van der Waals surface area contributed by atoms with Crippen molar-refractivity contribution in [1.82, 2.24) is 0 Å². The molecule has 0 saturated carbocycles. The number of amides is 1. The Bertz CT molecular complexity index is 756. The second-order valence-corrected chi connectivity index (χ2v) is 6.01. The Balaban J connectivity index is 2.02. The molecule has 2 aromatic carbocycles. The molecule has 0 spiro atoms. The zero-order valence-corrected chi connectivity index (χ0v) is 14.1. The fourth-order valence-corrected chi connectivity index (χ4v) is 2.55. The zero-order chi connectivity index (χ0) is 16.1. The van der Waals surface area contributed by atoms with E-state index < -0.39 is 0 Å². The normalized spacial score (nSPS) is 9.91. The summed E-state index contributed by atoms with van der Waals surface area (Å²) in [5.74, 6) is -0.200. The van der Waals surface area contributed by atoms with Gasteiger partial charge in [-0.05, 0) is 48.9 Å². The second-order valence-electron chi connectivity index (χ2n) is 4.66. The van der Waals surface area contributed by atoms with Crippen LogP contribution in [-0.2, 0) is 4.79 Å². The number of halogens is 2. The molecule has 112 valence electrons. The van der Waals surface area contributed by atoms with Gasteiger partial charge in [-0.1, -0.05) is 27.5 Å². The molecular weight excluding hydrogens is 366 g/mol. The van der Waals surface area contributed by atoms with Crippen molar-refractivity contribution in [2.75, 3.05) is 17.2 Å². The minimum atomic E-state index is -0.200. The van der Waals surface area contributed by atoms with Crippen LogP contribution in [0.25, 0.3) is 0 Å². The van der Waals surface area contributed by atoms with Gasteiger partial charge in [0.2, 0.25) is 5.91 Å². The minimum absolute atomic E-state index is 0.0462. The van der Waals surface area contributed by atoms with Crippen LogP contribution in [0.3, 0.4) is 0 Å². The van der Waals surface area contributed by atoms with Crippen molar-refractivity contribution in [2.24, 2.45) is 0 Å². The molecule has 22 heavy (non-hydrogen) atoms. The Kier molecular flexibility index (Phi) is 5.42. The summed E-state index contributed by atoms with van der Waals surface area (Å²) in [5, 5.41) is 15.3. The average Bonchev–Trinajstić information content (AvgIpc) is 2.48. The molecule has 0 saturated heterocycles. The molecule has 2 N–H and O–H groups in total. The van der Waals surface area contributed by atoms with E-state index in [1.54, 1.807) is 18.2 Å². The molecule has 0 aromatic heterocycles. The summed E-state index contributed by atoms with van der Waals surface area (Å²) in [4.78, 5) is 12.0. The molecule has 0 aliphatic rings. The summed E-state index contributed by atoms with van der Waals surface area (Å²) >= 11 is 9.28. The number of rotatable bonds is 4. The summed E-state index contributed by atoms with van der Waals surface area (Å²) in [6, 6.07) is 12.5. The maximum Gasteiger partial charge on any atom is 0.243 e. The summed E-state index contributed by atoms with van der Waals surface area (Å²) in [7, 11) is 0. The van der Waals surface area contributed by atoms with Gasteiger partial charge in [-0.3, -0.25) is 4.79 Å². The molecule has 0 heterocycles. The van der Waals surface area contributed by atoms with Crippen LogP contribution in [0.15, 0.2) is 40.9 Å². The lowest BCUT2D eigenvalue weighted by Crippen LogP contribution is -2.22. The maximum atomic E-state index is 12.0. The molecule has 0 radical (unpaired) electrons. The van der Waals surface area contributed by atoms with Gasteiger partial charge in [0.05, 0.1) is 17.8 Å². The molecule has 4 nitrogen and oxygen atoms in total. The first-order valence-corrected chi connectivity index (χ1v) is 7.66. The van der Waals surface area contributed by atoms with E-state index in [4.69, 9.17) is 16.9 Å². The number of carbonyl (C=O) groups excluding carboxylic acids is 1. The first kappa shape index (κ1) is 16.3. The third-order valence-electron chi connectivity index (χ3n) is 3.00. The number of nitrogens with one attached hydrogen (secondary N) is 2. The molecule has 0 bridgehead atoms. The van der Waals surface area contributed by atoms with Crippen molar-refractivity contribution in [3.8, 4) is 6.07 Å². The van der Waals surface area contributed by atoms with Crippen molar-refractivity contribution in [3.63, 3.8) is 0 Å². The lowest BCUT2D eigenvalue weighted by Gasteiger charge is -2.11. The molecule has 0 unspecified atom stereocenters. The Morgan fingerprint density at radius 1 is 1.27 bits per heavy atom. The lowest BCUT2D eigenvalue weighted by atomic mass is 10.2. The van der Waals surface area contributed by atoms with Crippen molar-refractivity contribution in [2.45, 2.75) is 6.92 Å². The molecule has 0 fully saturated rings. The minimum Gasteiger partial charge on any atom is -0.375 e. The van der Waals surface area contributed by atoms with Gasteiger partial charge in [-0.2, -0.15) is 5.26 Å². The van der Waals surface area contributed by atoms with E-state index in [2.05, 4.69) is 32.6 Å². The predicted octanol–water partition coefficient (Wildman–Crippen LogP) is 4.33. The molecule has 6 heteroatoms. The van der Waals surface area contributed by atoms with Crippen molar-refractivity contribution < 1.29 is 4.79 Å². The first-order valence-electron chi connectivity index (χ1n) is 6.49.